The number of fused-ring (bicyclic) bond motifs is 5. The maximum absolute atomic E-state index is 5.54. The van der Waals surface area contributed by atoms with Crippen molar-refractivity contribution in [2.75, 3.05) is 19.1 Å². The average molecular weight is 293 g/mol. The fourth-order valence-electron chi connectivity index (χ4n) is 4.86. The van der Waals surface area contributed by atoms with Crippen LogP contribution in [0, 0.1) is 6.92 Å². The Morgan fingerprint density at radius 2 is 1.82 bits per heavy atom. The molecule has 2 aromatic rings. The molecule has 0 saturated heterocycles. The van der Waals surface area contributed by atoms with Crippen LogP contribution in [0.25, 0.3) is 0 Å². The van der Waals surface area contributed by atoms with Crippen LogP contribution in [0.4, 0.5) is 5.69 Å². The van der Waals surface area contributed by atoms with Gasteiger partial charge in [0, 0.05) is 18.2 Å². The van der Waals surface area contributed by atoms with Crippen LogP contribution in [0.2, 0.25) is 0 Å². The van der Waals surface area contributed by atoms with Gasteiger partial charge in [-0.15, -0.1) is 0 Å². The summed E-state index contributed by atoms with van der Waals surface area (Å²) in [5.41, 5.74) is 7.13. The topological polar surface area (TPSA) is 12.5 Å². The van der Waals surface area contributed by atoms with Gasteiger partial charge in [-0.05, 0) is 54.7 Å². The third kappa shape index (κ3) is 1.32. The Morgan fingerprint density at radius 1 is 1.09 bits per heavy atom. The van der Waals surface area contributed by atoms with Crippen molar-refractivity contribution >= 4 is 5.69 Å². The summed E-state index contributed by atoms with van der Waals surface area (Å²) >= 11 is 0. The predicted octanol–water partition coefficient (Wildman–Crippen LogP) is 4.18. The molecule has 0 saturated carbocycles. The van der Waals surface area contributed by atoms with Crippen LogP contribution in [0.15, 0.2) is 36.4 Å². The monoisotopic (exact) mass is 293 g/mol. The lowest BCUT2D eigenvalue weighted by Gasteiger charge is -2.41. The van der Waals surface area contributed by atoms with Crippen molar-refractivity contribution in [1.29, 1.82) is 0 Å². The molecule has 1 aliphatic heterocycles. The van der Waals surface area contributed by atoms with E-state index in [2.05, 4.69) is 69.1 Å². The van der Waals surface area contributed by atoms with Gasteiger partial charge in [0.15, 0.2) is 0 Å². The lowest BCUT2D eigenvalue weighted by atomic mass is 9.70. The van der Waals surface area contributed by atoms with Gasteiger partial charge in [0.25, 0.3) is 0 Å². The summed E-state index contributed by atoms with van der Waals surface area (Å²) < 4.78 is 5.54. The Bertz CT molecular complexity index is 781. The summed E-state index contributed by atoms with van der Waals surface area (Å²) in [5, 5.41) is 0. The summed E-state index contributed by atoms with van der Waals surface area (Å²) in [5.74, 6) is 0.964. The maximum Gasteiger partial charge on any atom is 0.119 e. The molecular weight excluding hydrogens is 270 g/mol. The van der Waals surface area contributed by atoms with Crippen molar-refractivity contribution in [3.05, 3.63) is 58.7 Å². The number of methoxy groups -OCH3 is 1. The first kappa shape index (κ1) is 13.7. The molecule has 2 heteroatoms. The highest BCUT2D eigenvalue weighted by Gasteiger charge is 2.60. The molecule has 2 nitrogen and oxygen atoms in total. The minimum absolute atomic E-state index is 0.00303. The molecule has 0 fully saturated rings. The number of likely N-dealkylation sites (N-methyl/N-ethyl adjacent to an activating group) is 1. The molecule has 114 valence electrons. The van der Waals surface area contributed by atoms with Crippen molar-refractivity contribution in [3.8, 4) is 5.75 Å². The smallest absolute Gasteiger partial charge is 0.119 e. The van der Waals surface area contributed by atoms with Crippen LogP contribution < -0.4 is 9.64 Å². The Morgan fingerprint density at radius 3 is 2.55 bits per heavy atom. The average Bonchev–Trinajstić information content (AvgIpc) is 2.84. The molecular formula is C20H23NO. The quantitative estimate of drug-likeness (QED) is 0.782. The number of anilines is 1. The highest BCUT2D eigenvalue weighted by Crippen LogP contribution is 2.63. The second-order valence-corrected chi connectivity index (χ2v) is 7.14. The highest BCUT2D eigenvalue weighted by atomic mass is 16.5. The summed E-state index contributed by atoms with van der Waals surface area (Å²) in [4.78, 5) is 2.49. The molecule has 1 heterocycles. The van der Waals surface area contributed by atoms with Crippen molar-refractivity contribution in [3.63, 3.8) is 0 Å². The summed E-state index contributed by atoms with van der Waals surface area (Å²) in [6, 6.07) is 13.3. The van der Waals surface area contributed by atoms with E-state index < -0.39 is 0 Å². The second-order valence-electron chi connectivity index (χ2n) is 7.14. The SMILES string of the molecule is COc1cc(C)c2c(c1)[C@@]1(C)Cc3ccccc3[C@@]1(C)N2C. The van der Waals surface area contributed by atoms with E-state index in [0.29, 0.717) is 0 Å². The minimum atomic E-state index is 0.00303. The summed E-state index contributed by atoms with van der Waals surface area (Å²) in [6.45, 7) is 7.00. The van der Waals surface area contributed by atoms with Crippen LogP contribution >= 0.6 is 0 Å². The van der Waals surface area contributed by atoms with Gasteiger partial charge in [-0.25, -0.2) is 0 Å². The van der Waals surface area contributed by atoms with Crippen LogP contribution in [-0.2, 0) is 17.4 Å². The molecule has 0 bridgehead atoms. The Kier molecular flexibility index (Phi) is 2.53. The van der Waals surface area contributed by atoms with E-state index in [4.69, 9.17) is 4.74 Å². The Labute approximate surface area is 132 Å². The van der Waals surface area contributed by atoms with Crippen LogP contribution in [0.3, 0.4) is 0 Å². The summed E-state index contributed by atoms with van der Waals surface area (Å²) in [7, 11) is 4.00. The van der Waals surface area contributed by atoms with Gasteiger partial charge in [-0.2, -0.15) is 0 Å². The number of hydrogen-bond acceptors (Lipinski definition) is 2. The Hall–Kier alpha value is -1.96. The number of hydrogen-bond donors (Lipinski definition) is 0. The zero-order valence-corrected chi connectivity index (χ0v) is 14.0. The van der Waals surface area contributed by atoms with Crippen LogP contribution in [0.1, 0.15) is 36.1 Å². The van der Waals surface area contributed by atoms with Gasteiger partial charge in [-0.1, -0.05) is 31.2 Å². The molecule has 0 radical (unpaired) electrons. The standard InChI is InChI=1S/C20H23NO/c1-13-10-15(22-5)11-17-18(13)21(4)20(3)16-9-7-6-8-14(16)12-19(17,20)2/h6-11H,12H2,1-5H3/t19-,20-/m1/s1. The lowest BCUT2D eigenvalue weighted by molar-refractivity contribution is 0.304. The van der Waals surface area contributed by atoms with Crippen molar-refractivity contribution in [2.45, 2.75) is 38.1 Å². The van der Waals surface area contributed by atoms with Crippen molar-refractivity contribution < 1.29 is 4.74 Å². The Balaban J connectivity index is 2.03. The molecule has 0 unspecified atom stereocenters. The summed E-state index contributed by atoms with van der Waals surface area (Å²) in [6.07, 6.45) is 1.09. The fraction of sp³-hybridized carbons (Fsp3) is 0.400. The number of nitrogens with zero attached hydrogens (tertiary/aromatic N) is 1. The lowest BCUT2D eigenvalue weighted by Crippen LogP contribution is -2.47. The van der Waals surface area contributed by atoms with Crippen LogP contribution in [0.5, 0.6) is 5.75 Å². The van der Waals surface area contributed by atoms with Crippen molar-refractivity contribution in [1.82, 2.24) is 0 Å². The van der Waals surface area contributed by atoms with E-state index in [-0.39, 0.29) is 11.0 Å². The van der Waals surface area contributed by atoms with E-state index in [9.17, 15) is 0 Å². The van der Waals surface area contributed by atoms with Gasteiger partial charge < -0.3 is 9.64 Å². The minimum Gasteiger partial charge on any atom is -0.497 e. The molecule has 0 spiro atoms. The second kappa shape index (κ2) is 4.07. The molecule has 22 heavy (non-hydrogen) atoms. The normalized spacial score (nSPS) is 28.3. The zero-order chi connectivity index (χ0) is 15.7. The molecule has 0 amide bonds. The molecule has 2 atom stereocenters. The van der Waals surface area contributed by atoms with E-state index in [1.54, 1.807) is 7.11 Å². The predicted molar refractivity (Wildman–Crippen MR) is 91.0 cm³/mol. The molecule has 0 N–H and O–H groups in total. The van der Waals surface area contributed by atoms with Gasteiger partial charge in [-0.3, -0.25) is 0 Å². The fourth-order valence-corrected chi connectivity index (χ4v) is 4.86. The van der Waals surface area contributed by atoms with Gasteiger partial charge in [0.05, 0.1) is 12.6 Å². The molecule has 2 aliphatic rings. The molecule has 4 rings (SSSR count). The maximum atomic E-state index is 5.54. The van der Waals surface area contributed by atoms with E-state index in [1.807, 2.05) is 0 Å². The van der Waals surface area contributed by atoms with E-state index >= 15 is 0 Å². The first-order valence-corrected chi connectivity index (χ1v) is 7.95. The van der Waals surface area contributed by atoms with E-state index in [0.717, 1.165) is 12.2 Å². The first-order valence-electron chi connectivity index (χ1n) is 7.95. The van der Waals surface area contributed by atoms with Gasteiger partial charge in [0.2, 0.25) is 0 Å². The first-order chi connectivity index (χ1) is 10.4. The van der Waals surface area contributed by atoms with Crippen LogP contribution in [-0.4, -0.2) is 14.2 Å². The van der Waals surface area contributed by atoms with E-state index in [1.165, 1.54) is 27.9 Å². The van der Waals surface area contributed by atoms with Gasteiger partial charge in [0.1, 0.15) is 5.75 Å². The largest absolute Gasteiger partial charge is 0.497 e. The third-order valence-corrected chi connectivity index (χ3v) is 6.27. The van der Waals surface area contributed by atoms with Crippen molar-refractivity contribution in [2.24, 2.45) is 0 Å². The molecule has 0 aromatic heterocycles. The number of rotatable bonds is 1. The molecule has 1 aliphatic carbocycles. The third-order valence-electron chi connectivity index (χ3n) is 6.27. The van der Waals surface area contributed by atoms with Gasteiger partial charge >= 0.3 is 0 Å². The number of benzene rings is 2. The highest BCUT2D eigenvalue weighted by molar-refractivity contribution is 5.75. The molecule has 2 aromatic carbocycles. The number of aryl methyl sites for hydroxylation is 1. The number of ether oxygens (including phenoxy) is 1. The zero-order valence-electron chi connectivity index (χ0n) is 14.0.